The molecule has 0 bridgehead atoms. The lowest BCUT2D eigenvalue weighted by atomic mass is 10.1. The van der Waals surface area contributed by atoms with Gasteiger partial charge in [0, 0.05) is 29.0 Å². The number of hydrogen-bond acceptors (Lipinski definition) is 5. The second-order valence-electron chi connectivity index (χ2n) is 6.60. The molecular weight excluding hydrogens is 420 g/mol. The van der Waals surface area contributed by atoms with E-state index in [0.29, 0.717) is 0 Å². The van der Waals surface area contributed by atoms with E-state index in [-0.39, 0.29) is 0 Å². The van der Waals surface area contributed by atoms with Crippen LogP contribution in [0.3, 0.4) is 0 Å². The molecular formula is C21H21BrN4O2. The number of H-pyrrole nitrogens is 1. The first kappa shape index (κ1) is 18.6. The normalized spacial score (nSPS) is 11.1. The number of nitrogens with zero attached hydrogens (tertiary/aromatic N) is 3. The third-order valence-electron chi connectivity index (χ3n) is 4.87. The third kappa shape index (κ3) is 3.38. The number of fused-ring (bicyclic) bond motifs is 3. The van der Waals surface area contributed by atoms with Crippen molar-refractivity contribution in [2.45, 2.75) is 6.42 Å². The summed E-state index contributed by atoms with van der Waals surface area (Å²) in [6, 6.07) is 12.2. The van der Waals surface area contributed by atoms with E-state index in [9.17, 15) is 0 Å². The fourth-order valence-corrected chi connectivity index (χ4v) is 3.74. The van der Waals surface area contributed by atoms with Crippen molar-refractivity contribution in [2.24, 2.45) is 0 Å². The second-order valence-corrected chi connectivity index (χ2v) is 7.51. The van der Waals surface area contributed by atoms with Gasteiger partial charge in [-0.15, -0.1) is 0 Å². The van der Waals surface area contributed by atoms with Gasteiger partial charge in [0.1, 0.15) is 17.4 Å². The molecule has 28 heavy (non-hydrogen) atoms. The summed E-state index contributed by atoms with van der Waals surface area (Å²) in [5.74, 6) is 2.37. The Bertz CT molecular complexity index is 1140. The van der Waals surface area contributed by atoms with Gasteiger partial charge in [-0.2, -0.15) is 0 Å². The van der Waals surface area contributed by atoms with Gasteiger partial charge in [-0.3, -0.25) is 0 Å². The molecule has 0 aliphatic carbocycles. The van der Waals surface area contributed by atoms with E-state index in [0.717, 1.165) is 56.7 Å². The van der Waals surface area contributed by atoms with E-state index in [2.05, 4.69) is 54.0 Å². The lowest BCUT2D eigenvalue weighted by molar-refractivity contribution is 0.354. The van der Waals surface area contributed by atoms with Gasteiger partial charge in [0.2, 0.25) is 0 Å². The molecule has 0 saturated carbocycles. The van der Waals surface area contributed by atoms with E-state index in [4.69, 9.17) is 9.47 Å². The molecule has 0 aliphatic rings. The molecule has 0 unspecified atom stereocenters. The molecule has 1 N–H and O–H groups in total. The molecule has 7 heteroatoms. The molecule has 4 aromatic rings. The van der Waals surface area contributed by atoms with E-state index >= 15 is 0 Å². The fourth-order valence-electron chi connectivity index (χ4n) is 3.38. The minimum Gasteiger partial charge on any atom is -0.493 e. The first-order chi connectivity index (χ1) is 13.6. The van der Waals surface area contributed by atoms with Crippen LogP contribution in [0.5, 0.6) is 11.5 Å². The Hall–Kier alpha value is -2.80. The molecule has 2 aromatic carbocycles. The largest absolute Gasteiger partial charge is 0.493 e. The number of likely N-dealkylation sites (N-methyl/N-ethyl adjacent to an activating group) is 1. The van der Waals surface area contributed by atoms with E-state index in [1.54, 1.807) is 20.5 Å². The van der Waals surface area contributed by atoms with Gasteiger partial charge in [-0.25, -0.2) is 9.97 Å². The van der Waals surface area contributed by atoms with Crippen molar-refractivity contribution in [1.29, 1.82) is 0 Å². The lowest BCUT2D eigenvalue weighted by Crippen LogP contribution is -2.21. The van der Waals surface area contributed by atoms with E-state index in [1.165, 1.54) is 5.56 Å². The maximum absolute atomic E-state index is 5.40. The zero-order valence-corrected chi connectivity index (χ0v) is 17.6. The highest BCUT2D eigenvalue weighted by Gasteiger charge is 2.14. The number of ether oxygens (including phenoxy) is 2. The summed E-state index contributed by atoms with van der Waals surface area (Å²) in [5.41, 5.74) is 4.10. The van der Waals surface area contributed by atoms with Crippen molar-refractivity contribution < 1.29 is 9.47 Å². The maximum atomic E-state index is 5.40. The predicted octanol–water partition coefficient (Wildman–Crippen LogP) is 4.57. The van der Waals surface area contributed by atoms with E-state index in [1.807, 2.05) is 25.2 Å². The quantitative estimate of drug-likeness (QED) is 0.475. The molecule has 2 heterocycles. The molecule has 0 atom stereocenters. The summed E-state index contributed by atoms with van der Waals surface area (Å²) in [5, 5.41) is 1.08. The summed E-state index contributed by atoms with van der Waals surface area (Å²) in [6.07, 6.45) is 2.48. The highest BCUT2D eigenvalue weighted by molar-refractivity contribution is 9.10. The second kappa shape index (κ2) is 7.67. The number of hydrogen-bond donors (Lipinski definition) is 1. The molecule has 144 valence electrons. The number of aromatic nitrogens is 3. The van der Waals surface area contributed by atoms with Gasteiger partial charge < -0.3 is 19.4 Å². The summed E-state index contributed by atoms with van der Waals surface area (Å²) < 4.78 is 11.7. The molecule has 0 saturated heterocycles. The summed E-state index contributed by atoms with van der Waals surface area (Å²) >= 11 is 3.54. The molecule has 0 aliphatic heterocycles. The smallest absolute Gasteiger partial charge is 0.160 e. The Morgan fingerprint density at radius 3 is 2.64 bits per heavy atom. The van der Waals surface area contributed by atoms with Gasteiger partial charge in [0.15, 0.2) is 17.3 Å². The molecule has 6 nitrogen and oxygen atoms in total. The number of benzene rings is 2. The number of nitrogens with one attached hydrogen (secondary N) is 1. The molecule has 4 rings (SSSR count). The Morgan fingerprint density at radius 2 is 1.86 bits per heavy atom. The van der Waals surface area contributed by atoms with Crippen LogP contribution in [-0.2, 0) is 6.42 Å². The standard InChI is InChI=1S/C21H21BrN4O2/c1-26(9-8-13-4-7-17(27-2)18(10-13)28-3)21-20-19(23-12-24-21)15-11-14(22)5-6-16(15)25-20/h4-7,10-12,25H,8-9H2,1-3H3. The van der Waals surface area contributed by atoms with Crippen LogP contribution >= 0.6 is 15.9 Å². The van der Waals surface area contributed by atoms with Crippen molar-refractivity contribution in [2.75, 3.05) is 32.7 Å². The van der Waals surface area contributed by atoms with E-state index < -0.39 is 0 Å². The lowest BCUT2D eigenvalue weighted by Gasteiger charge is -2.19. The minimum atomic E-state index is 0.737. The van der Waals surface area contributed by atoms with Crippen molar-refractivity contribution in [3.8, 4) is 11.5 Å². The number of anilines is 1. The number of methoxy groups -OCH3 is 2. The predicted molar refractivity (Wildman–Crippen MR) is 116 cm³/mol. The van der Waals surface area contributed by atoms with Crippen LogP contribution in [0.1, 0.15) is 5.56 Å². The van der Waals surface area contributed by atoms with Crippen LogP contribution in [0.2, 0.25) is 0 Å². The van der Waals surface area contributed by atoms with Crippen molar-refractivity contribution in [3.05, 3.63) is 52.8 Å². The van der Waals surface area contributed by atoms with Crippen LogP contribution in [0, 0.1) is 0 Å². The first-order valence-corrected chi connectivity index (χ1v) is 9.74. The summed E-state index contributed by atoms with van der Waals surface area (Å²) in [6.45, 7) is 0.806. The Kier molecular flexibility index (Phi) is 5.09. The van der Waals surface area contributed by atoms with Crippen LogP contribution in [-0.4, -0.2) is 42.8 Å². The van der Waals surface area contributed by atoms with Crippen molar-refractivity contribution >= 4 is 43.7 Å². The number of rotatable bonds is 6. The van der Waals surface area contributed by atoms with Gasteiger partial charge in [0.05, 0.1) is 14.2 Å². The average molecular weight is 441 g/mol. The molecule has 0 amide bonds. The topological polar surface area (TPSA) is 63.3 Å². The first-order valence-electron chi connectivity index (χ1n) is 8.94. The van der Waals surface area contributed by atoms with Crippen molar-refractivity contribution in [3.63, 3.8) is 0 Å². The highest BCUT2D eigenvalue weighted by Crippen LogP contribution is 2.31. The van der Waals surface area contributed by atoms with Crippen LogP contribution in [0.15, 0.2) is 47.2 Å². The van der Waals surface area contributed by atoms with Gasteiger partial charge >= 0.3 is 0 Å². The molecule has 0 spiro atoms. The Balaban J connectivity index is 1.61. The maximum Gasteiger partial charge on any atom is 0.160 e. The minimum absolute atomic E-state index is 0.737. The van der Waals surface area contributed by atoms with Crippen LogP contribution < -0.4 is 14.4 Å². The summed E-state index contributed by atoms with van der Waals surface area (Å²) in [7, 11) is 5.34. The molecule has 2 aromatic heterocycles. The fraction of sp³-hybridized carbons (Fsp3) is 0.238. The van der Waals surface area contributed by atoms with Gasteiger partial charge in [-0.05, 0) is 42.3 Å². The molecule has 0 radical (unpaired) electrons. The average Bonchev–Trinajstić information content (AvgIpc) is 3.09. The summed E-state index contributed by atoms with van der Waals surface area (Å²) in [4.78, 5) is 14.6. The zero-order chi connectivity index (χ0) is 19.7. The van der Waals surface area contributed by atoms with Crippen molar-refractivity contribution in [1.82, 2.24) is 15.0 Å². The SMILES string of the molecule is COc1ccc(CCN(C)c2ncnc3c2[nH]c2ccc(Br)cc23)cc1OC. The Labute approximate surface area is 171 Å². The van der Waals surface area contributed by atoms with Gasteiger partial charge in [-0.1, -0.05) is 22.0 Å². The number of aromatic amines is 1. The molecule has 0 fully saturated rings. The monoisotopic (exact) mass is 440 g/mol. The zero-order valence-electron chi connectivity index (χ0n) is 16.0. The van der Waals surface area contributed by atoms with Gasteiger partial charge in [0.25, 0.3) is 0 Å². The van der Waals surface area contributed by atoms with Crippen LogP contribution in [0.25, 0.3) is 21.9 Å². The number of halogens is 1. The van der Waals surface area contributed by atoms with Crippen LogP contribution in [0.4, 0.5) is 5.82 Å². The third-order valence-corrected chi connectivity index (χ3v) is 5.36. The Morgan fingerprint density at radius 1 is 1.04 bits per heavy atom. The highest BCUT2D eigenvalue weighted by atomic mass is 79.9.